The number of carbonyl (C=O) groups is 2. The molecule has 5 nitrogen and oxygen atoms in total. The molecule has 2 amide bonds. The molecule has 6 atom stereocenters. The number of amides is 2. The minimum Gasteiger partial charge on any atom is -0.391 e. The maximum absolute atomic E-state index is 13.3. The Labute approximate surface area is 173 Å². The molecule has 2 aromatic carbocycles. The lowest BCUT2D eigenvalue weighted by atomic mass is 9.71. The van der Waals surface area contributed by atoms with Crippen molar-refractivity contribution in [3.63, 3.8) is 0 Å². The summed E-state index contributed by atoms with van der Waals surface area (Å²) in [4.78, 5) is 33.7. The molecule has 0 aromatic heterocycles. The van der Waals surface area contributed by atoms with E-state index in [4.69, 9.17) is 16.4 Å². The lowest BCUT2D eigenvalue weighted by molar-refractivity contribution is -0.141. The number of carbonyl (C=O) groups excluding carboxylic acids is 2. The van der Waals surface area contributed by atoms with Gasteiger partial charge in [-0.3, -0.25) is 14.5 Å². The number of benzene rings is 2. The van der Waals surface area contributed by atoms with Crippen LogP contribution in [0.25, 0.3) is 0 Å². The van der Waals surface area contributed by atoms with Crippen molar-refractivity contribution in [1.82, 2.24) is 4.90 Å². The van der Waals surface area contributed by atoms with Crippen molar-refractivity contribution < 1.29 is 14.4 Å². The highest BCUT2D eigenvalue weighted by Crippen LogP contribution is 2.61. The third-order valence-corrected chi connectivity index (χ3v) is 7.36. The molecular weight excluding hydrogens is 388 g/mol. The monoisotopic (exact) mass is 406 g/mol. The minimum atomic E-state index is -0.266. The van der Waals surface area contributed by atoms with Gasteiger partial charge in [0.25, 0.3) is 0 Å². The van der Waals surface area contributed by atoms with E-state index in [0.717, 1.165) is 23.3 Å². The highest BCUT2D eigenvalue weighted by Gasteiger charge is 2.70. The third-order valence-electron chi connectivity index (χ3n) is 7.11. The Kier molecular flexibility index (Phi) is 3.66. The van der Waals surface area contributed by atoms with Crippen LogP contribution in [-0.2, 0) is 21.0 Å². The summed E-state index contributed by atoms with van der Waals surface area (Å²) in [6, 6.07) is 17.3. The lowest BCUT2D eigenvalue weighted by Crippen LogP contribution is -2.41. The van der Waals surface area contributed by atoms with E-state index >= 15 is 0 Å². The number of halogens is 1. The topological polar surface area (TPSA) is 59.0 Å². The third kappa shape index (κ3) is 2.37. The Bertz CT molecular complexity index is 1040. The van der Waals surface area contributed by atoms with Gasteiger partial charge in [0, 0.05) is 16.9 Å². The predicted molar refractivity (Wildman–Crippen MR) is 107 cm³/mol. The number of nitrogens with zero attached hydrogens (tertiary/aromatic N) is 2. The highest BCUT2D eigenvalue weighted by molar-refractivity contribution is 6.30. The quantitative estimate of drug-likeness (QED) is 0.733. The van der Waals surface area contributed by atoms with Gasteiger partial charge in [-0.15, -0.1) is 0 Å². The number of hydrogen-bond acceptors (Lipinski definition) is 4. The fraction of sp³-hybridized carbons (Fsp3) is 0.348. The standard InChI is InChI=1S/C23H19ClN2O3/c24-14-8-6-13(7-9-14)20-19-15-10-16(21(19)29-25-20)18-17(15)22(27)26(23(18)28)11-12-4-2-1-3-5-12/h1-9,15-19,21H,10-11H2. The molecule has 0 spiro atoms. The molecule has 6 heteroatoms. The Morgan fingerprint density at radius 3 is 2.34 bits per heavy atom. The number of likely N-dealkylation sites (tertiary alicyclic amines) is 1. The van der Waals surface area contributed by atoms with E-state index in [2.05, 4.69) is 5.16 Å². The summed E-state index contributed by atoms with van der Waals surface area (Å²) >= 11 is 6.02. The molecule has 0 radical (unpaired) electrons. The molecule has 2 heterocycles. The van der Waals surface area contributed by atoms with Crippen LogP contribution >= 0.6 is 11.6 Å². The second-order valence-electron chi connectivity index (χ2n) is 8.44. The van der Waals surface area contributed by atoms with Gasteiger partial charge in [0.15, 0.2) is 0 Å². The SMILES string of the molecule is O=C1C2C3CC(C4C(c5ccc(Cl)cc5)=NOC34)C2C(=O)N1Cc1ccccc1. The minimum absolute atomic E-state index is 0.0304. The van der Waals surface area contributed by atoms with Crippen LogP contribution in [0, 0.1) is 29.6 Å². The summed E-state index contributed by atoms with van der Waals surface area (Å²) < 4.78 is 0. The molecule has 3 fully saturated rings. The van der Waals surface area contributed by atoms with Crippen molar-refractivity contribution in [2.24, 2.45) is 34.7 Å². The molecular formula is C23H19ClN2O3. The first-order chi connectivity index (χ1) is 14.1. The van der Waals surface area contributed by atoms with E-state index in [1.807, 2.05) is 54.6 Å². The summed E-state index contributed by atoms with van der Waals surface area (Å²) in [6.45, 7) is 0.346. The van der Waals surface area contributed by atoms with Crippen LogP contribution in [-0.4, -0.2) is 28.5 Å². The fourth-order valence-electron chi connectivity index (χ4n) is 5.97. The highest BCUT2D eigenvalue weighted by atomic mass is 35.5. The van der Waals surface area contributed by atoms with Gasteiger partial charge in [-0.25, -0.2) is 0 Å². The Morgan fingerprint density at radius 2 is 1.62 bits per heavy atom. The van der Waals surface area contributed by atoms with Gasteiger partial charge in [0.1, 0.15) is 6.10 Å². The zero-order chi connectivity index (χ0) is 19.7. The summed E-state index contributed by atoms with van der Waals surface area (Å²) in [5.41, 5.74) is 2.84. The normalized spacial score (nSPS) is 34.2. The van der Waals surface area contributed by atoms with E-state index < -0.39 is 0 Å². The Morgan fingerprint density at radius 1 is 0.931 bits per heavy atom. The van der Waals surface area contributed by atoms with Gasteiger partial charge in [0.2, 0.25) is 11.8 Å². The van der Waals surface area contributed by atoms with Crippen molar-refractivity contribution in [2.75, 3.05) is 0 Å². The van der Waals surface area contributed by atoms with E-state index in [1.165, 1.54) is 4.90 Å². The molecule has 6 rings (SSSR count). The molecule has 6 unspecified atom stereocenters. The van der Waals surface area contributed by atoms with Crippen LogP contribution in [0.1, 0.15) is 17.5 Å². The number of imide groups is 1. The van der Waals surface area contributed by atoms with E-state index in [0.29, 0.717) is 11.6 Å². The van der Waals surface area contributed by atoms with Crippen LogP contribution in [0.2, 0.25) is 5.02 Å². The number of oxime groups is 1. The number of hydrogen-bond donors (Lipinski definition) is 0. The van der Waals surface area contributed by atoms with Crippen LogP contribution < -0.4 is 0 Å². The average molecular weight is 407 g/mol. The van der Waals surface area contributed by atoms with Crippen molar-refractivity contribution >= 4 is 29.1 Å². The van der Waals surface area contributed by atoms with Gasteiger partial charge in [-0.2, -0.15) is 0 Å². The first kappa shape index (κ1) is 17.2. The van der Waals surface area contributed by atoms with Gasteiger partial charge < -0.3 is 4.84 Å². The predicted octanol–water partition coefficient (Wildman–Crippen LogP) is 3.51. The first-order valence-corrected chi connectivity index (χ1v) is 10.4. The summed E-state index contributed by atoms with van der Waals surface area (Å²) in [7, 11) is 0. The first-order valence-electron chi connectivity index (χ1n) is 10.0. The summed E-state index contributed by atoms with van der Waals surface area (Å²) in [5, 5.41) is 5.03. The van der Waals surface area contributed by atoms with E-state index in [1.54, 1.807) is 0 Å². The van der Waals surface area contributed by atoms with Crippen molar-refractivity contribution in [2.45, 2.75) is 19.1 Å². The van der Waals surface area contributed by atoms with Crippen LogP contribution in [0.4, 0.5) is 0 Å². The van der Waals surface area contributed by atoms with Gasteiger partial charge in [-0.1, -0.05) is 59.2 Å². The molecule has 2 aliphatic carbocycles. The average Bonchev–Trinajstić information content (AvgIpc) is 3.47. The summed E-state index contributed by atoms with van der Waals surface area (Å²) in [6.07, 6.45) is 0.744. The van der Waals surface area contributed by atoms with Crippen molar-refractivity contribution in [1.29, 1.82) is 0 Å². The molecule has 2 bridgehead atoms. The second kappa shape index (κ2) is 6.17. The van der Waals surface area contributed by atoms with E-state index in [-0.39, 0.29) is 47.5 Å². The van der Waals surface area contributed by atoms with Gasteiger partial charge in [-0.05, 0) is 35.6 Å². The lowest BCUT2D eigenvalue weighted by Gasteiger charge is -2.29. The fourth-order valence-corrected chi connectivity index (χ4v) is 6.09. The molecule has 146 valence electrons. The Balaban J connectivity index is 1.30. The van der Waals surface area contributed by atoms with Crippen molar-refractivity contribution in [3.05, 3.63) is 70.7 Å². The molecule has 2 aliphatic heterocycles. The smallest absolute Gasteiger partial charge is 0.233 e. The van der Waals surface area contributed by atoms with Crippen LogP contribution in [0.15, 0.2) is 59.8 Å². The number of rotatable bonds is 3. The van der Waals surface area contributed by atoms with Gasteiger partial charge >= 0.3 is 0 Å². The Hall–Kier alpha value is -2.66. The molecule has 0 N–H and O–H groups in total. The maximum atomic E-state index is 13.3. The maximum Gasteiger partial charge on any atom is 0.233 e. The van der Waals surface area contributed by atoms with Gasteiger partial charge in [0.05, 0.1) is 24.1 Å². The second-order valence-corrected chi connectivity index (χ2v) is 8.88. The molecule has 4 aliphatic rings. The van der Waals surface area contributed by atoms with E-state index in [9.17, 15) is 9.59 Å². The van der Waals surface area contributed by atoms with Crippen molar-refractivity contribution in [3.8, 4) is 0 Å². The molecule has 29 heavy (non-hydrogen) atoms. The molecule has 1 saturated heterocycles. The number of fused-ring (bicyclic) bond motifs is 8. The largest absolute Gasteiger partial charge is 0.391 e. The van der Waals surface area contributed by atoms with Crippen LogP contribution in [0.3, 0.4) is 0 Å². The zero-order valence-electron chi connectivity index (χ0n) is 15.6. The molecule has 2 saturated carbocycles. The molecule has 2 aromatic rings. The summed E-state index contributed by atoms with van der Waals surface area (Å²) in [5.74, 6) is -0.370. The van der Waals surface area contributed by atoms with Crippen LogP contribution in [0.5, 0.6) is 0 Å². The zero-order valence-corrected chi connectivity index (χ0v) is 16.3.